The lowest BCUT2D eigenvalue weighted by atomic mass is 10.0. The molecule has 0 nitrogen and oxygen atoms in total. The van der Waals surface area contributed by atoms with Crippen LogP contribution in [-0.4, -0.2) is 0 Å². The molecular formula is C13H7BrCl3F. The first-order chi connectivity index (χ1) is 8.49. The molecule has 94 valence electrons. The Bertz CT molecular complexity index is 535. The fraction of sp³-hybridized carbons (Fsp3) is 0.0769. The number of halogens is 5. The van der Waals surface area contributed by atoms with E-state index in [1.807, 2.05) is 0 Å². The number of hydrogen-bond donors (Lipinski definition) is 0. The van der Waals surface area contributed by atoms with Gasteiger partial charge in [0.15, 0.2) is 0 Å². The minimum absolute atomic E-state index is 0.348. The van der Waals surface area contributed by atoms with E-state index in [1.54, 1.807) is 30.3 Å². The van der Waals surface area contributed by atoms with E-state index in [9.17, 15) is 4.39 Å². The number of benzene rings is 2. The van der Waals surface area contributed by atoms with Crippen LogP contribution in [0.2, 0.25) is 15.1 Å². The molecule has 0 N–H and O–H groups in total. The second-order valence-electron chi connectivity index (χ2n) is 3.69. The van der Waals surface area contributed by atoms with E-state index < -0.39 is 0 Å². The summed E-state index contributed by atoms with van der Waals surface area (Å²) >= 11 is 21.1. The van der Waals surface area contributed by atoms with Crippen LogP contribution in [-0.2, 0) is 0 Å². The fourth-order valence-electron chi connectivity index (χ4n) is 1.58. The molecule has 0 spiro atoms. The van der Waals surface area contributed by atoms with Gasteiger partial charge >= 0.3 is 0 Å². The van der Waals surface area contributed by atoms with Gasteiger partial charge in [-0.05, 0) is 29.8 Å². The largest absolute Gasteiger partial charge is 0.207 e. The molecule has 0 bridgehead atoms. The predicted octanol–water partition coefficient (Wildman–Crippen LogP) is 6.27. The molecule has 0 aliphatic carbocycles. The van der Waals surface area contributed by atoms with Gasteiger partial charge in [-0.15, -0.1) is 0 Å². The van der Waals surface area contributed by atoms with E-state index in [4.69, 9.17) is 34.8 Å². The van der Waals surface area contributed by atoms with Gasteiger partial charge in [-0.2, -0.15) is 0 Å². The summed E-state index contributed by atoms with van der Waals surface area (Å²) in [6, 6.07) is 9.64. The Hall–Kier alpha value is -0.280. The monoisotopic (exact) mass is 366 g/mol. The zero-order chi connectivity index (χ0) is 13.3. The van der Waals surface area contributed by atoms with Crippen molar-refractivity contribution in [2.45, 2.75) is 4.83 Å². The van der Waals surface area contributed by atoms with Gasteiger partial charge in [0.1, 0.15) is 5.82 Å². The van der Waals surface area contributed by atoms with Crippen LogP contribution >= 0.6 is 50.7 Å². The maximum Gasteiger partial charge on any atom is 0.129 e. The first-order valence-electron chi connectivity index (χ1n) is 5.03. The summed E-state index contributed by atoms with van der Waals surface area (Å²) in [5, 5.41) is 1.39. The first-order valence-corrected chi connectivity index (χ1v) is 7.08. The maximum atomic E-state index is 13.8. The Balaban J connectivity index is 2.44. The molecule has 1 unspecified atom stereocenters. The van der Waals surface area contributed by atoms with Crippen LogP contribution in [0.3, 0.4) is 0 Å². The molecule has 0 aromatic heterocycles. The average Bonchev–Trinajstić information content (AvgIpc) is 2.28. The minimum atomic E-state index is -0.379. The van der Waals surface area contributed by atoms with Crippen molar-refractivity contribution in [3.05, 3.63) is 68.4 Å². The fourth-order valence-corrected chi connectivity index (χ4v) is 3.16. The van der Waals surface area contributed by atoms with Crippen LogP contribution in [0.5, 0.6) is 0 Å². The summed E-state index contributed by atoms with van der Waals surface area (Å²) in [6.07, 6.45) is 0. The van der Waals surface area contributed by atoms with Gasteiger partial charge in [-0.1, -0.05) is 62.9 Å². The second-order valence-corrected chi connectivity index (χ2v) is 5.89. The van der Waals surface area contributed by atoms with Gasteiger partial charge in [-0.25, -0.2) is 4.39 Å². The molecule has 0 saturated carbocycles. The number of alkyl halides is 1. The topological polar surface area (TPSA) is 0 Å². The second kappa shape index (κ2) is 5.79. The molecular weight excluding hydrogens is 361 g/mol. The third kappa shape index (κ3) is 3.00. The highest BCUT2D eigenvalue weighted by atomic mass is 79.9. The lowest BCUT2D eigenvalue weighted by Crippen LogP contribution is -1.97. The molecule has 2 rings (SSSR count). The minimum Gasteiger partial charge on any atom is -0.207 e. The zero-order valence-electron chi connectivity index (χ0n) is 8.93. The van der Waals surface area contributed by atoms with E-state index in [-0.39, 0.29) is 10.6 Å². The summed E-state index contributed by atoms with van der Waals surface area (Å²) in [5.41, 5.74) is 1.23. The highest BCUT2D eigenvalue weighted by Crippen LogP contribution is 2.37. The molecule has 2 aromatic carbocycles. The molecule has 5 heteroatoms. The molecule has 0 saturated heterocycles. The number of rotatable bonds is 2. The lowest BCUT2D eigenvalue weighted by Gasteiger charge is -2.13. The Morgan fingerprint density at radius 1 is 0.889 bits per heavy atom. The summed E-state index contributed by atoms with van der Waals surface area (Å²) in [6.45, 7) is 0. The van der Waals surface area contributed by atoms with Crippen LogP contribution in [0.15, 0.2) is 36.4 Å². The van der Waals surface area contributed by atoms with Crippen molar-refractivity contribution in [2.75, 3.05) is 0 Å². The summed E-state index contributed by atoms with van der Waals surface area (Å²) in [4.78, 5) is -0.348. The van der Waals surface area contributed by atoms with E-state index in [0.29, 0.717) is 20.6 Å². The molecule has 0 aliphatic heterocycles. The Morgan fingerprint density at radius 2 is 1.44 bits per heavy atom. The van der Waals surface area contributed by atoms with Crippen molar-refractivity contribution in [3.63, 3.8) is 0 Å². The van der Waals surface area contributed by atoms with Gasteiger partial charge in [0.2, 0.25) is 0 Å². The van der Waals surface area contributed by atoms with Gasteiger partial charge in [0, 0.05) is 20.6 Å². The molecule has 0 fully saturated rings. The van der Waals surface area contributed by atoms with Crippen LogP contribution in [0.1, 0.15) is 16.0 Å². The van der Waals surface area contributed by atoms with E-state index >= 15 is 0 Å². The molecule has 0 aliphatic rings. The standard InChI is InChI=1S/C13H7BrCl3F/c14-13(9-3-1-7(15)5-11(9)17)10-4-2-8(16)6-12(10)18/h1-6,13H. The van der Waals surface area contributed by atoms with Gasteiger partial charge < -0.3 is 0 Å². The highest BCUT2D eigenvalue weighted by molar-refractivity contribution is 9.09. The molecule has 1 atom stereocenters. The van der Waals surface area contributed by atoms with E-state index in [2.05, 4.69) is 15.9 Å². The summed E-state index contributed by atoms with van der Waals surface area (Å²) < 4.78 is 13.8. The smallest absolute Gasteiger partial charge is 0.129 e. The highest BCUT2D eigenvalue weighted by Gasteiger charge is 2.17. The summed E-state index contributed by atoms with van der Waals surface area (Å²) in [7, 11) is 0. The quantitative estimate of drug-likeness (QED) is 0.548. The van der Waals surface area contributed by atoms with E-state index in [0.717, 1.165) is 5.56 Å². The van der Waals surface area contributed by atoms with Crippen LogP contribution in [0.25, 0.3) is 0 Å². The van der Waals surface area contributed by atoms with Crippen LogP contribution < -0.4 is 0 Å². The third-order valence-corrected chi connectivity index (χ3v) is 4.26. The Morgan fingerprint density at radius 3 is 2.00 bits per heavy atom. The molecule has 0 radical (unpaired) electrons. The zero-order valence-corrected chi connectivity index (χ0v) is 12.8. The van der Waals surface area contributed by atoms with Crippen molar-refractivity contribution in [1.29, 1.82) is 0 Å². The van der Waals surface area contributed by atoms with Crippen molar-refractivity contribution in [1.82, 2.24) is 0 Å². The maximum absolute atomic E-state index is 13.8. The SMILES string of the molecule is Fc1cc(Cl)ccc1C(Br)c1ccc(Cl)cc1Cl. The van der Waals surface area contributed by atoms with Gasteiger partial charge in [-0.3, -0.25) is 0 Å². The van der Waals surface area contributed by atoms with Crippen LogP contribution in [0, 0.1) is 5.82 Å². The number of hydrogen-bond acceptors (Lipinski definition) is 0. The Kier molecular flexibility index (Phi) is 4.54. The molecule has 2 aromatic rings. The van der Waals surface area contributed by atoms with E-state index in [1.165, 1.54) is 6.07 Å². The summed E-state index contributed by atoms with van der Waals surface area (Å²) in [5.74, 6) is -0.379. The molecule has 0 heterocycles. The van der Waals surface area contributed by atoms with Crippen molar-refractivity contribution < 1.29 is 4.39 Å². The van der Waals surface area contributed by atoms with Gasteiger partial charge in [0.05, 0.1) is 4.83 Å². The average molecular weight is 368 g/mol. The predicted molar refractivity (Wildman–Crippen MR) is 78.6 cm³/mol. The molecule has 0 amide bonds. The van der Waals surface area contributed by atoms with Crippen molar-refractivity contribution in [3.8, 4) is 0 Å². The molecule has 18 heavy (non-hydrogen) atoms. The van der Waals surface area contributed by atoms with Crippen molar-refractivity contribution >= 4 is 50.7 Å². The van der Waals surface area contributed by atoms with Gasteiger partial charge in [0.25, 0.3) is 0 Å². The van der Waals surface area contributed by atoms with Crippen LogP contribution in [0.4, 0.5) is 4.39 Å². The van der Waals surface area contributed by atoms with Crippen molar-refractivity contribution in [2.24, 2.45) is 0 Å². The third-order valence-electron chi connectivity index (χ3n) is 2.47. The Labute approximate surface area is 128 Å². The first kappa shape index (κ1) is 14.1. The normalized spacial score (nSPS) is 12.5. The lowest BCUT2D eigenvalue weighted by molar-refractivity contribution is 0.613.